The number of hydrogen-bond donors (Lipinski definition) is 2. The second-order valence-corrected chi connectivity index (χ2v) is 5.91. The summed E-state index contributed by atoms with van der Waals surface area (Å²) >= 11 is 0. The van der Waals surface area contributed by atoms with Gasteiger partial charge in [0.1, 0.15) is 5.60 Å². The number of carbonyl (C=O) groups excluding carboxylic acids is 1. The summed E-state index contributed by atoms with van der Waals surface area (Å²) in [5, 5.41) is 11.9. The van der Waals surface area contributed by atoms with E-state index >= 15 is 0 Å². The summed E-state index contributed by atoms with van der Waals surface area (Å²) in [6.45, 7) is 8.08. The summed E-state index contributed by atoms with van der Waals surface area (Å²) in [7, 11) is 0. The average Bonchev–Trinajstić information content (AvgIpc) is 2.38. The first-order valence-electron chi connectivity index (χ1n) is 7.16. The highest BCUT2D eigenvalue weighted by Crippen LogP contribution is 2.15. The summed E-state index contributed by atoms with van der Waals surface area (Å²) in [6, 6.07) is 5.85. The van der Waals surface area contributed by atoms with Gasteiger partial charge >= 0.3 is 6.09 Å². The summed E-state index contributed by atoms with van der Waals surface area (Å²) < 4.78 is 5.15. The molecule has 0 fully saturated rings. The summed E-state index contributed by atoms with van der Waals surface area (Å²) in [5.74, 6) is 0. The zero-order valence-electron chi connectivity index (χ0n) is 13.3. The van der Waals surface area contributed by atoms with Crippen LogP contribution < -0.4 is 5.32 Å². The molecule has 116 valence electrons. The lowest BCUT2D eigenvalue weighted by Crippen LogP contribution is -2.32. The molecule has 1 rings (SSSR count). The van der Waals surface area contributed by atoms with Gasteiger partial charge in [-0.15, -0.1) is 0 Å². The number of ether oxygens (including phenoxy) is 1. The van der Waals surface area contributed by atoms with E-state index in [1.165, 1.54) is 0 Å². The number of aliphatic hydroxyl groups is 1. The molecule has 0 unspecified atom stereocenters. The molecule has 2 N–H and O–H groups in total. The van der Waals surface area contributed by atoms with Crippen LogP contribution in [0.2, 0.25) is 0 Å². The van der Waals surface area contributed by atoms with Crippen molar-refractivity contribution in [3.8, 4) is 0 Å². The lowest BCUT2D eigenvalue weighted by atomic mass is 10.0. The topological polar surface area (TPSA) is 58.6 Å². The molecule has 0 spiro atoms. The zero-order chi connectivity index (χ0) is 15.9. The first-order chi connectivity index (χ1) is 9.83. The molecule has 1 aromatic rings. The summed E-state index contributed by atoms with van der Waals surface area (Å²) in [6.07, 6.45) is 4.34. The van der Waals surface area contributed by atoms with Crippen molar-refractivity contribution >= 4 is 12.2 Å². The van der Waals surface area contributed by atoms with E-state index < -0.39 is 11.7 Å². The first-order valence-corrected chi connectivity index (χ1v) is 7.16. The minimum atomic E-state index is -0.470. The van der Waals surface area contributed by atoms with Gasteiger partial charge < -0.3 is 15.2 Å². The van der Waals surface area contributed by atoms with Gasteiger partial charge in [0, 0.05) is 6.54 Å². The van der Waals surface area contributed by atoms with Gasteiger partial charge in [0.2, 0.25) is 0 Å². The van der Waals surface area contributed by atoms with Gasteiger partial charge in [0.05, 0.1) is 6.61 Å². The minimum Gasteiger partial charge on any atom is -0.444 e. The number of carbonyl (C=O) groups is 1. The first kappa shape index (κ1) is 17.2. The highest BCUT2D eigenvalue weighted by molar-refractivity contribution is 5.67. The largest absolute Gasteiger partial charge is 0.444 e. The van der Waals surface area contributed by atoms with E-state index in [1.807, 2.05) is 58.0 Å². The van der Waals surface area contributed by atoms with Crippen LogP contribution in [0.5, 0.6) is 0 Å². The van der Waals surface area contributed by atoms with E-state index in [0.29, 0.717) is 6.54 Å². The lowest BCUT2D eigenvalue weighted by Gasteiger charge is -2.19. The SMILES string of the molecule is Cc1c(C=CCCNC(=O)OC(C)(C)C)cccc1CO. The van der Waals surface area contributed by atoms with Gasteiger partial charge in [-0.1, -0.05) is 30.4 Å². The second-order valence-electron chi connectivity index (χ2n) is 5.91. The molecule has 0 radical (unpaired) electrons. The number of benzene rings is 1. The van der Waals surface area contributed by atoms with Crippen LogP contribution in [0.3, 0.4) is 0 Å². The standard InChI is InChI=1S/C17H25NO3/c1-13-14(9-7-10-15(13)12-19)8-5-6-11-18-16(20)21-17(2,3)4/h5,7-10,19H,6,11-12H2,1-4H3,(H,18,20). The van der Waals surface area contributed by atoms with E-state index in [-0.39, 0.29) is 6.61 Å². The van der Waals surface area contributed by atoms with Crippen molar-refractivity contribution in [1.29, 1.82) is 0 Å². The van der Waals surface area contributed by atoms with Crippen LogP contribution in [0.25, 0.3) is 6.08 Å². The Bertz CT molecular complexity index is 501. The smallest absolute Gasteiger partial charge is 0.407 e. The average molecular weight is 291 g/mol. The third-order valence-electron chi connectivity index (χ3n) is 2.93. The maximum absolute atomic E-state index is 11.4. The van der Waals surface area contributed by atoms with E-state index in [0.717, 1.165) is 23.1 Å². The molecule has 4 nitrogen and oxygen atoms in total. The molecular weight excluding hydrogens is 266 g/mol. The Balaban J connectivity index is 2.41. The van der Waals surface area contributed by atoms with Gasteiger partial charge in [0.25, 0.3) is 0 Å². The predicted molar refractivity (Wildman–Crippen MR) is 85.0 cm³/mol. The Morgan fingerprint density at radius 1 is 1.38 bits per heavy atom. The van der Waals surface area contributed by atoms with E-state index in [2.05, 4.69) is 5.32 Å². The molecule has 0 saturated carbocycles. The summed E-state index contributed by atoms with van der Waals surface area (Å²) in [5.41, 5.74) is 2.63. The molecule has 4 heteroatoms. The minimum absolute atomic E-state index is 0.0493. The molecule has 0 aromatic heterocycles. The normalized spacial score (nSPS) is 11.7. The van der Waals surface area contributed by atoms with Gasteiger partial charge in [-0.25, -0.2) is 4.79 Å². The maximum Gasteiger partial charge on any atom is 0.407 e. The Hall–Kier alpha value is -1.81. The molecule has 0 bridgehead atoms. The number of aliphatic hydroxyl groups excluding tert-OH is 1. The second kappa shape index (κ2) is 7.84. The Kier molecular flexibility index (Phi) is 6.43. The number of rotatable bonds is 5. The van der Waals surface area contributed by atoms with Crippen LogP contribution >= 0.6 is 0 Å². The molecule has 0 aliphatic rings. The van der Waals surface area contributed by atoms with E-state index in [4.69, 9.17) is 4.74 Å². The fourth-order valence-corrected chi connectivity index (χ4v) is 1.84. The molecule has 0 aliphatic carbocycles. The van der Waals surface area contributed by atoms with Crippen LogP contribution in [0.1, 0.15) is 43.9 Å². The number of alkyl carbamates (subject to hydrolysis) is 1. The Morgan fingerprint density at radius 2 is 2.10 bits per heavy atom. The van der Waals surface area contributed by atoms with Gasteiger partial charge in [-0.05, 0) is 50.8 Å². The van der Waals surface area contributed by atoms with Crippen molar-refractivity contribution in [1.82, 2.24) is 5.32 Å². The van der Waals surface area contributed by atoms with Crippen LogP contribution in [-0.4, -0.2) is 23.3 Å². The maximum atomic E-state index is 11.4. The number of hydrogen-bond acceptors (Lipinski definition) is 3. The number of amides is 1. The fraction of sp³-hybridized carbons (Fsp3) is 0.471. The lowest BCUT2D eigenvalue weighted by molar-refractivity contribution is 0.0529. The van der Waals surface area contributed by atoms with E-state index in [1.54, 1.807) is 0 Å². The van der Waals surface area contributed by atoms with Crippen molar-refractivity contribution in [3.05, 3.63) is 41.0 Å². The van der Waals surface area contributed by atoms with Crippen LogP contribution in [0.15, 0.2) is 24.3 Å². The molecule has 21 heavy (non-hydrogen) atoms. The fourth-order valence-electron chi connectivity index (χ4n) is 1.84. The summed E-state index contributed by atoms with van der Waals surface area (Å²) in [4.78, 5) is 11.4. The monoisotopic (exact) mass is 291 g/mol. The third-order valence-corrected chi connectivity index (χ3v) is 2.93. The molecule has 0 atom stereocenters. The van der Waals surface area contributed by atoms with Crippen molar-refractivity contribution in [2.45, 2.75) is 46.3 Å². The highest BCUT2D eigenvalue weighted by Gasteiger charge is 2.15. The van der Waals surface area contributed by atoms with Crippen LogP contribution in [-0.2, 0) is 11.3 Å². The van der Waals surface area contributed by atoms with Crippen LogP contribution in [0, 0.1) is 6.92 Å². The van der Waals surface area contributed by atoms with Crippen molar-refractivity contribution < 1.29 is 14.6 Å². The zero-order valence-corrected chi connectivity index (χ0v) is 13.3. The quantitative estimate of drug-likeness (QED) is 0.817. The van der Waals surface area contributed by atoms with Crippen molar-refractivity contribution in [3.63, 3.8) is 0 Å². The molecule has 1 aromatic carbocycles. The third kappa shape index (κ3) is 6.45. The van der Waals surface area contributed by atoms with Crippen molar-refractivity contribution in [2.75, 3.05) is 6.54 Å². The van der Waals surface area contributed by atoms with E-state index in [9.17, 15) is 9.90 Å². The number of nitrogens with one attached hydrogen (secondary N) is 1. The molecule has 0 aliphatic heterocycles. The highest BCUT2D eigenvalue weighted by atomic mass is 16.6. The molecule has 1 amide bonds. The van der Waals surface area contributed by atoms with Gasteiger partial charge in [0.15, 0.2) is 0 Å². The molecular formula is C17H25NO3. The Morgan fingerprint density at radius 3 is 2.71 bits per heavy atom. The Labute approximate surface area is 126 Å². The van der Waals surface area contributed by atoms with Crippen LogP contribution in [0.4, 0.5) is 4.79 Å². The van der Waals surface area contributed by atoms with Crippen molar-refractivity contribution in [2.24, 2.45) is 0 Å². The molecule has 0 saturated heterocycles. The van der Waals surface area contributed by atoms with Gasteiger partial charge in [-0.3, -0.25) is 0 Å². The van der Waals surface area contributed by atoms with Gasteiger partial charge in [-0.2, -0.15) is 0 Å². The molecule has 0 heterocycles. The predicted octanol–water partition coefficient (Wildman–Crippen LogP) is 3.42.